The minimum Gasteiger partial charge on any atom is -0.381 e. The van der Waals surface area contributed by atoms with Crippen LogP contribution in [0.3, 0.4) is 0 Å². The number of anilines is 1. The van der Waals surface area contributed by atoms with E-state index in [-0.39, 0.29) is 36.3 Å². The molecular weight excluding hydrogens is 580 g/mol. The van der Waals surface area contributed by atoms with Gasteiger partial charge in [-0.25, -0.2) is 9.50 Å². The first-order chi connectivity index (χ1) is 21.3. The molecule has 1 aliphatic heterocycles. The average molecular weight is 605 g/mol. The lowest BCUT2D eigenvalue weighted by Gasteiger charge is -2.19. The maximum atomic E-state index is 13.5. The van der Waals surface area contributed by atoms with E-state index < -0.39 is 11.9 Å². The van der Waals surface area contributed by atoms with Gasteiger partial charge in [-0.05, 0) is 42.3 Å². The molecule has 6 aromatic rings. The highest BCUT2D eigenvalue weighted by Crippen LogP contribution is 2.39. The van der Waals surface area contributed by atoms with E-state index in [1.807, 2.05) is 43.3 Å². The van der Waals surface area contributed by atoms with E-state index in [1.54, 1.807) is 53.6 Å². The second-order valence-electron chi connectivity index (χ2n) is 10.5. The topological polar surface area (TPSA) is 141 Å². The van der Waals surface area contributed by atoms with Gasteiger partial charge in [0.25, 0.3) is 17.7 Å². The van der Waals surface area contributed by atoms with Crippen LogP contribution in [0, 0.1) is 0 Å². The van der Waals surface area contributed by atoms with E-state index in [2.05, 4.69) is 15.4 Å². The molecule has 11 nitrogen and oxygen atoms in total. The zero-order valence-electron chi connectivity index (χ0n) is 23.4. The summed E-state index contributed by atoms with van der Waals surface area (Å²) in [4.78, 5) is 44.7. The normalized spacial score (nSPS) is 13.5. The lowest BCUT2D eigenvalue weighted by Crippen LogP contribution is -2.33. The van der Waals surface area contributed by atoms with Gasteiger partial charge in [-0.15, -0.1) is 5.10 Å². The monoisotopic (exact) mass is 604 g/mol. The number of rotatable bonds is 7. The molecule has 3 N–H and O–H groups in total. The van der Waals surface area contributed by atoms with Crippen molar-refractivity contribution in [2.24, 2.45) is 0 Å². The van der Waals surface area contributed by atoms with Crippen molar-refractivity contribution in [1.82, 2.24) is 34.6 Å². The number of nitrogens with zero attached hydrogens (tertiary/aromatic N) is 6. The van der Waals surface area contributed by atoms with Crippen LogP contribution in [0.15, 0.2) is 85.3 Å². The number of hydrogen-bond donors (Lipinski definition) is 2. The lowest BCUT2D eigenvalue weighted by molar-refractivity contribution is 0.0647. The van der Waals surface area contributed by atoms with Crippen molar-refractivity contribution in [3.63, 3.8) is 0 Å². The third-order valence-corrected chi connectivity index (χ3v) is 8.10. The highest BCUT2D eigenvalue weighted by molar-refractivity contribution is 6.36. The SMILES string of the molecule is CC(NC(=O)c1c(N)nn2cccnc12)c1cc(Cl)c2cn(CCN3C(=O)c4ccccc4C3=O)nc2c1-c1ccccc1. The molecular formula is C32H25ClN8O3. The Hall–Kier alpha value is -5.55. The molecule has 1 atom stereocenters. The Kier molecular flexibility index (Phi) is 6.59. The second-order valence-corrected chi connectivity index (χ2v) is 10.9. The minimum absolute atomic E-state index is 0.0713. The number of carbonyl (C=O) groups excluding carboxylic acids is 3. The van der Waals surface area contributed by atoms with Gasteiger partial charge in [0.2, 0.25) is 0 Å². The van der Waals surface area contributed by atoms with Gasteiger partial charge in [-0.2, -0.15) is 5.10 Å². The first kappa shape index (κ1) is 27.3. The van der Waals surface area contributed by atoms with Crippen molar-refractivity contribution in [1.29, 1.82) is 0 Å². The van der Waals surface area contributed by atoms with Crippen LogP contribution in [-0.4, -0.2) is 53.5 Å². The number of nitrogen functional groups attached to an aromatic ring is 1. The van der Waals surface area contributed by atoms with E-state index in [1.165, 1.54) is 9.42 Å². The molecule has 0 fully saturated rings. The van der Waals surface area contributed by atoms with Gasteiger partial charge in [0.15, 0.2) is 11.5 Å². The summed E-state index contributed by atoms with van der Waals surface area (Å²) >= 11 is 6.82. The van der Waals surface area contributed by atoms with Gasteiger partial charge in [0, 0.05) is 36.1 Å². The number of nitrogens with two attached hydrogens (primary N) is 1. The fourth-order valence-corrected chi connectivity index (χ4v) is 5.94. The molecule has 0 spiro atoms. The molecule has 218 valence electrons. The van der Waals surface area contributed by atoms with Crippen LogP contribution >= 0.6 is 11.6 Å². The fourth-order valence-electron chi connectivity index (χ4n) is 5.68. The Bertz CT molecular complexity index is 2090. The lowest BCUT2D eigenvalue weighted by atomic mass is 9.93. The van der Waals surface area contributed by atoms with Crippen molar-refractivity contribution in [2.45, 2.75) is 19.5 Å². The summed E-state index contributed by atoms with van der Waals surface area (Å²) in [6.45, 7) is 2.27. The number of nitrogens with one attached hydrogen (secondary N) is 1. The van der Waals surface area contributed by atoms with Gasteiger partial charge in [-0.3, -0.25) is 24.0 Å². The van der Waals surface area contributed by atoms with E-state index in [9.17, 15) is 14.4 Å². The Balaban J connectivity index is 1.23. The summed E-state index contributed by atoms with van der Waals surface area (Å²) < 4.78 is 3.15. The highest BCUT2D eigenvalue weighted by Gasteiger charge is 2.35. The summed E-state index contributed by atoms with van der Waals surface area (Å²) in [5.41, 5.74) is 10.5. The van der Waals surface area contributed by atoms with Gasteiger partial charge >= 0.3 is 0 Å². The molecule has 7 rings (SSSR count). The van der Waals surface area contributed by atoms with Crippen LogP contribution in [0.4, 0.5) is 5.82 Å². The van der Waals surface area contributed by atoms with Crippen LogP contribution in [0.1, 0.15) is 49.6 Å². The quantitative estimate of drug-likeness (QED) is 0.250. The minimum atomic E-state index is -0.513. The fraction of sp³-hybridized carbons (Fsp3) is 0.125. The van der Waals surface area contributed by atoms with E-state index >= 15 is 0 Å². The third-order valence-electron chi connectivity index (χ3n) is 7.78. The number of fused-ring (bicyclic) bond motifs is 3. The van der Waals surface area contributed by atoms with E-state index in [0.29, 0.717) is 32.7 Å². The number of halogens is 1. The van der Waals surface area contributed by atoms with Crippen molar-refractivity contribution in [3.05, 3.63) is 113 Å². The first-order valence-electron chi connectivity index (χ1n) is 13.9. The number of imide groups is 1. The Morgan fingerprint density at radius 1 is 0.977 bits per heavy atom. The first-order valence-corrected chi connectivity index (χ1v) is 14.3. The molecule has 44 heavy (non-hydrogen) atoms. The molecule has 0 saturated carbocycles. The largest absolute Gasteiger partial charge is 0.381 e. The van der Waals surface area contributed by atoms with Crippen molar-refractivity contribution in [3.8, 4) is 11.1 Å². The Morgan fingerprint density at radius 2 is 1.68 bits per heavy atom. The second kappa shape index (κ2) is 10.6. The van der Waals surface area contributed by atoms with Crippen LogP contribution in [-0.2, 0) is 6.54 Å². The molecule has 12 heteroatoms. The number of hydrogen-bond acceptors (Lipinski definition) is 7. The zero-order valence-corrected chi connectivity index (χ0v) is 24.2. The van der Waals surface area contributed by atoms with E-state index in [4.69, 9.17) is 22.4 Å². The Labute approximate surface area is 255 Å². The summed E-state index contributed by atoms with van der Waals surface area (Å²) in [6, 6.07) is 19.5. The molecule has 0 saturated heterocycles. The van der Waals surface area contributed by atoms with Crippen LogP contribution in [0.5, 0.6) is 0 Å². The Morgan fingerprint density at radius 3 is 2.41 bits per heavy atom. The molecule has 3 aromatic heterocycles. The van der Waals surface area contributed by atoms with Crippen LogP contribution < -0.4 is 11.1 Å². The molecule has 3 amide bonds. The van der Waals surface area contributed by atoms with Gasteiger partial charge in [0.05, 0.1) is 28.7 Å². The summed E-state index contributed by atoms with van der Waals surface area (Å²) in [5, 5.41) is 13.2. The number of benzene rings is 3. The molecule has 3 aromatic carbocycles. The van der Waals surface area contributed by atoms with Crippen molar-refractivity contribution >= 4 is 51.7 Å². The number of aromatic nitrogens is 5. The van der Waals surface area contributed by atoms with Gasteiger partial charge in [0.1, 0.15) is 11.1 Å². The van der Waals surface area contributed by atoms with Gasteiger partial charge < -0.3 is 11.1 Å². The van der Waals surface area contributed by atoms with Crippen LogP contribution in [0.2, 0.25) is 5.02 Å². The standard InChI is InChI=1S/C32H25ClN8O3/c1-18(36-30(42)26-28(34)38-41-13-7-12-35-29(26)41)22-16-24(33)23-17-39(37-27(23)25(22)19-8-3-2-4-9-19)14-15-40-31(43)20-10-5-6-11-21(20)32(40)44/h2-13,16-18H,14-15H2,1H3,(H2,34,38)(H,36,42). The van der Waals surface area contributed by atoms with Crippen LogP contribution in [0.25, 0.3) is 27.7 Å². The van der Waals surface area contributed by atoms with E-state index in [0.717, 1.165) is 16.7 Å². The molecule has 4 heterocycles. The summed E-state index contributed by atoms with van der Waals surface area (Å²) in [7, 11) is 0. The maximum Gasteiger partial charge on any atom is 0.261 e. The molecule has 1 aliphatic rings. The summed E-state index contributed by atoms with van der Waals surface area (Å²) in [5.74, 6) is -0.995. The number of carbonyl (C=O) groups is 3. The highest BCUT2D eigenvalue weighted by atomic mass is 35.5. The van der Waals surface area contributed by atoms with Gasteiger partial charge in [-0.1, -0.05) is 54.1 Å². The number of amides is 3. The smallest absolute Gasteiger partial charge is 0.261 e. The maximum absolute atomic E-state index is 13.5. The summed E-state index contributed by atoms with van der Waals surface area (Å²) in [6.07, 6.45) is 5.05. The van der Waals surface area contributed by atoms with Crippen molar-refractivity contribution < 1.29 is 14.4 Å². The molecule has 0 aliphatic carbocycles. The predicted octanol–water partition coefficient (Wildman–Crippen LogP) is 4.77. The average Bonchev–Trinajstić information content (AvgIpc) is 3.68. The third kappa shape index (κ3) is 4.45. The zero-order chi connectivity index (χ0) is 30.5. The molecule has 0 bridgehead atoms. The van der Waals surface area contributed by atoms with Crippen molar-refractivity contribution in [2.75, 3.05) is 12.3 Å². The predicted molar refractivity (Wildman–Crippen MR) is 165 cm³/mol. The molecule has 0 radical (unpaired) electrons. The molecule has 1 unspecified atom stereocenters.